The average molecular weight is 282 g/mol. The molecule has 0 radical (unpaired) electrons. The van der Waals surface area contributed by atoms with E-state index in [-0.39, 0.29) is 12.0 Å². The number of aliphatic hydroxyl groups excluding tert-OH is 1. The zero-order chi connectivity index (χ0) is 15.0. The molecule has 1 heterocycles. The van der Waals surface area contributed by atoms with Crippen LogP contribution in [0.2, 0.25) is 0 Å². The summed E-state index contributed by atoms with van der Waals surface area (Å²) in [4.78, 5) is 11.0. The summed E-state index contributed by atoms with van der Waals surface area (Å²) in [6.45, 7) is 6.69. The van der Waals surface area contributed by atoms with Crippen LogP contribution in [0.15, 0.2) is 6.20 Å². The van der Waals surface area contributed by atoms with Gasteiger partial charge in [-0.15, -0.1) is 5.10 Å². The molecule has 1 unspecified atom stereocenters. The van der Waals surface area contributed by atoms with Crippen LogP contribution < -0.4 is 5.32 Å². The third-order valence-corrected chi connectivity index (χ3v) is 4.97. The molecule has 1 aliphatic carbocycles. The maximum atomic E-state index is 11.0. The molecule has 1 aliphatic rings. The Kier molecular flexibility index (Phi) is 3.73. The Hall–Kier alpha value is -1.63. The SMILES string of the molecule is CC1(NC(=O)O)CC[C@H](Cn2cc(CO)nn2)C1(C)C. The molecule has 0 saturated heterocycles. The van der Waals surface area contributed by atoms with E-state index in [1.54, 1.807) is 10.9 Å². The maximum Gasteiger partial charge on any atom is 0.405 e. The Balaban J connectivity index is 2.12. The normalized spacial score (nSPS) is 28.5. The molecule has 20 heavy (non-hydrogen) atoms. The van der Waals surface area contributed by atoms with Gasteiger partial charge >= 0.3 is 6.09 Å². The van der Waals surface area contributed by atoms with E-state index < -0.39 is 11.6 Å². The summed E-state index contributed by atoms with van der Waals surface area (Å²) >= 11 is 0. The van der Waals surface area contributed by atoms with Gasteiger partial charge in [-0.05, 0) is 31.1 Å². The number of hydrogen-bond donors (Lipinski definition) is 3. The lowest BCUT2D eigenvalue weighted by Gasteiger charge is -2.41. The van der Waals surface area contributed by atoms with Crippen LogP contribution in [-0.4, -0.2) is 36.8 Å². The van der Waals surface area contributed by atoms with Gasteiger partial charge in [-0.3, -0.25) is 4.68 Å². The van der Waals surface area contributed by atoms with Gasteiger partial charge in [-0.1, -0.05) is 19.1 Å². The van der Waals surface area contributed by atoms with E-state index in [1.807, 2.05) is 6.92 Å². The van der Waals surface area contributed by atoms with Crippen molar-refractivity contribution in [3.05, 3.63) is 11.9 Å². The Morgan fingerprint density at radius 2 is 2.25 bits per heavy atom. The minimum Gasteiger partial charge on any atom is -0.465 e. The van der Waals surface area contributed by atoms with Gasteiger partial charge in [0.15, 0.2) is 0 Å². The van der Waals surface area contributed by atoms with E-state index in [0.717, 1.165) is 12.8 Å². The first-order valence-corrected chi connectivity index (χ1v) is 6.79. The number of carbonyl (C=O) groups is 1. The van der Waals surface area contributed by atoms with Crippen LogP contribution in [0.1, 0.15) is 39.3 Å². The molecule has 112 valence electrons. The van der Waals surface area contributed by atoms with Gasteiger partial charge in [0, 0.05) is 12.1 Å². The molecule has 1 fully saturated rings. The first-order chi connectivity index (χ1) is 9.28. The highest BCUT2D eigenvalue weighted by atomic mass is 16.4. The van der Waals surface area contributed by atoms with Crippen molar-refractivity contribution in [1.29, 1.82) is 0 Å². The minimum atomic E-state index is -0.982. The second-order valence-electron chi connectivity index (χ2n) is 6.31. The van der Waals surface area contributed by atoms with Crippen molar-refractivity contribution in [1.82, 2.24) is 20.3 Å². The van der Waals surface area contributed by atoms with E-state index in [2.05, 4.69) is 29.5 Å². The summed E-state index contributed by atoms with van der Waals surface area (Å²) in [6.07, 6.45) is 2.48. The zero-order valence-electron chi connectivity index (χ0n) is 12.1. The molecule has 1 amide bonds. The smallest absolute Gasteiger partial charge is 0.405 e. The molecule has 1 saturated carbocycles. The van der Waals surface area contributed by atoms with Crippen molar-refractivity contribution in [3.63, 3.8) is 0 Å². The van der Waals surface area contributed by atoms with Crippen LogP contribution in [0.4, 0.5) is 4.79 Å². The fourth-order valence-electron chi connectivity index (χ4n) is 3.10. The highest BCUT2D eigenvalue weighted by Crippen LogP contribution is 2.50. The molecule has 1 aromatic rings. The summed E-state index contributed by atoms with van der Waals surface area (Å²) in [5.41, 5.74) is -0.0760. The number of nitrogens with zero attached hydrogens (tertiary/aromatic N) is 3. The average Bonchev–Trinajstić information content (AvgIpc) is 2.87. The van der Waals surface area contributed by atoms with Crippen molar-refractivity contribution in [2.24, 2.45) is 11.3 Å². The van der Waals surface area contributed by atoms with Crippen LogP contribution in [0.5, 0.6) is 0 Å². The van der Waals surface area contributed by atoms with Crippen LogP contribution in [0.25, 0.3) is 0 Å². The zero-order valence-corrected chi connectivity index (χ0v) is 12.1. The summed E-state index contributed by atoms with van der Waals surface area (Å²) in [5.74, 6) is 0.299. The lowest BCUT2D eigenvalue weighted by atomic mass is 9.71. The van der Waals surface area contributed by atoms with Crippen molar-refractivity contribution < 1.29 is 15.0 Å². The second-order valence-corrected chi connectivity index (χ2v) is 6.31. The van der Waals surface area contributed by atoms with Gasteiger partial charge in [-0.25, -0.2) is 4.79 Å². The summed E-state index contributed by atoms with van der Waals surface area (Å²) in [6, 6.07) is 0. The van der Waals surface area contributed by atoms with Crippen molar-refractivity contribution in [3.8, 4) is 0 Å². The number of hydrogen-bond acceptors (Lipinski definition) is 4. The van der Waals surface area contributed by atoms with E-state index in [1.165, 1.54) is 0 Å². The first-order valence-electron chi connectivity index (χ1n) is 6.79. The van der Waals surface area contributed by atoms with E-state index >= 15 is 0 Å². The van der Waals surface area contributed by atoms with E-state index in [9.17, 15) is 4.79 Å². The van der Waals surface area contributed by atoms with E-state index in [4.69, 9.17) is 10.2 Å². The Morgan fingerprint density at radius 3 is 2.80 bits per heavy atom. The Labute approximate surface area is 118 Å². The van der Waals surface area contributed by atoms with E-state index in [0.29, 0.717) is 18.2 Å². The van der Waals surface area contributed by atoms with Gasteiger partial charge in [0.25, 0.3) is 0 Å². The summed E-state index contributed by atoms with van der Waals surface area (Å²) in [7, 11) is 0. The molecule has 3 N–H and O–H groups in total. The molecule has 0 bridgehead atoms. The monoisotopic (exact) mass is 282 g/mol. The van der Waals surface area contributed by atoms with Crippen LogP contribution in [-0.2, 0) is 13.2 Å². The number of carboxylic acid groups (broad SMARTS) is 1. The number of aromatic nitrogens is 3. The highest BCUT2D eigenvalue weighted by Gasteiger charge is 2.52. The molecule has 0 spiro atoms. The molecule has 7 heteroatoms. The largest absolute Gasteiger partial charge is 0.465 e. The number of amides is 1. The summed E-state index contributed by atoms with van der Waals surface area (Å²) in [5, 5.41) is 28.6. The predicted molar refractivity (Wildman–Crippen MR) is 72.0 cm³/mol. The second kappa shape index (κ2) is 5.05. The maximum absolute atomic E-state index is 11.0. The lowest BCUT2D eigenvalue weighted by molar-refractivity contribution is 0.106. The molecular formula is C13H22N4O3. The van der Waals surface area contributed by atoms with Crippen molar-refractivity contribution >= 4 is 6.09 Å². The fraction of sp³-hybridized carbons (Fsp3) is 0.769. The van der Waals surface area contributed by atoms with Crippen molar-refractivity contribution in [2.45, 2.75) is 52.3 Å². The molecule has 0 aliphatic heterocycles. The number of aliphatic hydroxyl groups is 1. The lowest BCUT2D eigenvalue weighted by Crippen LogP contribution is -2.54. The molecule has 1 aromatic heterocycles. The van der Waals surface area contributed by atoms with Gasteiger partial charge in [-0.2, -0.15) is 0 Å². The first kappa shape index (κ1) is 14.8. The van der Waals surface area contributed by atoms with Gasteiger partial charge in [0.1, 0.15) is 5.69 Å². The highest BCUT2D eigenvalue weighted by molar-refractivity contribution is 5.65. The van der Waals surface area contributed by atoms with Crippen LogP contribution in [0.3, 0.4) is 0 Å². The molecule has 2 atom stereocenters. The third-order valence-electron chi connectivity index (χ3n) is 4.97. The molecule has 0 aromatic carbocycles. The third kappa shape index (κ3) is 2.49. The van der Waals surface area contributed by atoms with Gasteiger partial charge < -0.3 is 15.5 Å². The van der Waals surface area contributed by atoms with Crippen LogP contribution >= 0.6 is 0 Å². The molecule has 2 rings (SSSR count). The Morgan fingerprint density at radius 1 is 1.55 bits per heavy atom. The fourth-order valence-corrected chi connectivity index (χ4v) is 3.10. The molecular weight excluding hydrogens is 260 g/mol. The quantitative estimate of drug-likeness (QED) is 0.771. The van der Waals surface area contributed by atoms with Gasteiger partial charge in [0.2, 0.25) is 0 Å². The molecule has 7 nitrogen and oxygen atoms in total. The Bertz CT molecular complexity index is 500. The number of nitrogens with one attached hydrogen (secondary N) is 1. The standard InChI is InChI=1S/C13H22N4O3/c1-12(2)9(4-5-13(12,3)14-11(19)20)6-17-7-10(8-18)15-16-17/h7,9,14,18H,4-6,8H2,1-3H3,(H,19,20)/t9-,13?/m1/s1. The van der Waals surface area contributed by atoms with Crippen molar-refractivity contribution in [2.75, 3.05) is 0 Å². The topological polar surface area (TPSA) is 100 Å². The minimum absolute atomic E-state index is 0.119. The number of rotatable bonds is 4. The summed E-state index contributed by atoms with van der Waals surface area (Å²) < 4.78 is 1.73. The van der Waals surface area contributed by atoms with Gasteiger partial charge in [0.05, 0.1) is 12.8 Å². The predicted octanol–water partition coefficient (Wildman–Crippen LogP) is 1.23. The van der Waals surface area contributed by atoms with Crippen LogP contribution in [0, 0.1) is 11.3 Å².